The van der Waals surface area contributed by atoms with E-state index in [1.54, 1.807) is 44.6 Å². The van der Waals surface area contributed by atoms with Gasteiger partial charge in [0.1, 0.15) is 5.75 Å². The van der Waals surface area contributed by atoms with Crippen molar-refractivity contribution in [3.05, 3.63) is 60.2 Å². The maximum atomic E-state index is 12.1. The molecule has 0 radical (unpaired) electrons. The molecule has 0 spiro atoms. The number of ether oxygens (including phenoxy) is 3. The molecule has 0 bridgehead atoms. The Kier molecular flexibility index (Phi) is 6.47. The van der Waals surface area contributed by atoms with Gasteiger partial charge in [0.05, 0.1) is 19.9 Å². The highest BCUT2D eigenvalue weighted by Gasteiger charge is 2.09. The molecule has 0 fully saturated rings. The minimum absolute atomic E-state index is 0.178. The van der Waals surface area contributed by atoms with E-state index in [-0.39, 0.29) is 12.5 Å². The average molecular weight is 394 g/mol. The summed E-state index contributed by atoms with van der Waals surface area (Å²) in [6, 6.07) is 16.3. The number of nitrogens with zero attached hydrogens (tertiary/aromatic N) is 2. The standard InChI is InChI=1S/C21H22N4O4/c1-14-8-9-16(27-2)15(12-14)22-19-10-11-20(25-24-19)23-21(26)13-29-18-7-5-4-6-17(18)28-3/h4-12H,13H2,1-3H3,(H,22,24)(H,23,25,26). The van der Waals surface area contributed by atoms with E-state index in [9.17, 15) is 4.79 Å². The predicted molar refractivity (Wildman–Crippen MR) is 110 cm³/mol. The van der Waals surface area contributed by atoms with E-state index in [0.29, 0.717) is 28.9 Å². The second-order valence-electron chi connectivity index (χ2n) is 6.12. The molecular weight excluding hydrogens is 372 g/mol. The minimum atomic E-state index is -0.355. The van der Waals surface area contributed by atoms with Gasteiger partial charge in [-0.1, -0.05) is 18.2 Å². The molecule has 1 heterocycles. The van der Waals surface area contributed by atoms with Gasteiger partial charge in [-0.15, -0.1) is 10.2 Å². The number of rotatable bonds is 8. The van der Waals surface area contributed by atoms with E-state index < -0.39 is 0 Å². The van der Waals surface area contributed by atoms with Crippen LogP contribution in [0.3, 0.4) is 0 Å². The smallest absolute Gasteiger partial charge is 0.263 e. The van der Waals surface area contributed by atoms with Gasteiger partial charge in [0.2, 0.25) is 0 Å². The van der Waals surface area contributed by atoms with E-state index in [2.05, 4.69) is 20.8 Å². The highest BCUT2D eigenvalue weighted by Crippen LogP contribution is 2.28. The summed E-state index contributed by atoms with van der Waals surface area (Å²) in [5.74, 6) is 2.23. The van der Waals surface area contributed by atoms with Crippen molar-refractivity contribution in [2.24, 2.45) is 0 Å². The summed E-state index contributed by atoms with van der Waals surface area (Å²) in [5.41, 5.74) is 1.86. The molecule has 0 aliphatic rings. The Bertz CT molecular complexity index is 977. The number of hydrogen-bond donors (Lipinski definition) is 2. The second kappa shape index (κ2) is 9.41. The second-order valence-corrected chi connectivity index (χ2v) is 6.12. The van der Waals surface area contributed by atoms with Gasteiger partial charge >= 0.3 is 0 Å². The molecule has 0 unspecified atom stereocenters. The highest BCUT2D eigenvalue weighted by molar-refractivity contribution is 5.91. The largest absolute Gasteiger partial charge is 0.495 e. The molecule has 0 saturated carbocycles. The molecule has 0 aliphatic carbocycles. The van der Waals surface area contributed by atoms with Crippen molar-refractivity contribution in [2.45, 2.75) is 6.92 Å². The Balaban J connectivity index is 1.58. The van der Waals surface area contributed by atoms with E-state index in [4.69, 9.17) is 14.2 Å². The monoisotopic (exact) mass is 394 g/mol. The van der Waals surface area contributed by atoms with Crippen LogP contribution in [0.4, 0.5) is 17.3 Å². The number of benzene rings is 2. The summed E-state index contributed by atoms with van der Waals surface area (Å²) >= 11 is 0. The van der Waals surface area contributed by atoms with Crippen LogP contribution in [-0.2, 0) is 4.79 Å². The van der Waals surface area contributed by atoms with Crippen molar-refractivity contribution in [1.82, 2.24) is 10.2 Å². The molecule has 3 rings (SSSR count). The fraction of sp³-hybridized carbons (Fsp3) is 0.190. The number of methoxy groups -OCH3 is 2. The van der Waals surface area contributed by atoms with Crippen molar-refractivity contribution in [3.8, 4) is 17.2 Å². The van der Waals surface area contributed by atoms with Crippen molar-refractivity contribution in [2.75, 3.05) is 31.5 Å². The van der Waals surface area contributed by atoms with Gasteiger partial charge in [-0.25, -0.2) is 0 Å². The summed E-state index contributed by atoms with van der Waals surface area (Å²) < 4.78 is 16.0. The SMILES string of the molecule is COc1ccc(C)cc1Nc1ccc(NC(=O)COc2ccccc2OC)nn1. The number of hydrogen-bond acceptors (Lipinski definition) is 7. The lowest BCUT2D eigenvalue weighted by Crippen LogP contribution is -2.21. The van der Waals surface area contributed by atoms with Crippen molar-refractivity contribution < 1.29 is 19.0 Å². The fourth-order valence-electron chi connectivity index (χ4n) is 2.58. The summed E-state index contributed by atoms with van der Waals surface area (Å²) in [7, 11) is 3.15. The maximum Gasteiger partial charge on any atom is 0.263 e. The molecule has 8 nitrogen and oxygen atoms in total. The molecule has 150 valence electrons. The third kappa shape index (κ3) is 5.35. The normalized spacial score (nSPS) is 10.2. The van der Waals surface area contributed by atoms with Gasteiger partial charge in [0.25, 0.3) is 5.91 Å². The van der Waals surface area contributed by atoms with Gasteiger partial charge < -0.3 is 24.8 Å². The van der Waals surface area contributed by atoms with Gasteiger partial charge in [0.15, 0.2) is 29.7 Å². The first-order valence-corrected chi connectivity index (χ1v) is 8.90. The molecule has 1 amide bonds. The van der Waals surface area contributed by atoms with Gasteiger partial charge in [0, 0.05) is 0 Å². The van der Waals surface area contributed by atoms with Crippen LogP contribution < -0.4 is 24.8 Å². The molecule has 2 N–H and O–H groups in total. The van der Waals surface area contributed by atoms with Crippen LogP contribution in [0, 0.1) is 6.92 Å². The van der Waals surface area contributed by atoms with Crippen LogP contribution in [0.25, 0.3) is 0 Å². The molecule has 0 saturated heterocycles. The average Bonchev–Trinajstić information content (AvgIpc) is 2.74. The van der Waals surface area contributed by atoms with E-state index in [0.717, 1.165) is 11.3 Å². The molecule has 0 aliphatic heterocycles. The topological polar surface area (TPSA) is 94.6 Å². The minimum Gasteiger partial charge on any atom is -0.495 e. The van der Waals surface area contributed by atoms with Gasteiger partial charge in [-0.3, -0.25) is 4.79 Å². The quantitative estimate of drug-likeness (QED) is 0.603. The molecule has 29 heavy (non-hydrogen) atoms. The van der Waals surface area contributed by atoms with Crippen LogP contribution in [0.15, 0.2) is 54.6 Å². The first kappa shape index (κ1) is 19.9. The van der Waals surface area contributed by atoms with Gasteiger partial charge in [-0.2, -0.15) is 0 Å². The van der Waals surface area contributed by atoms with E-state index >= 15 is 0 Å². The summed E-state index contributed by atoms with van der Waals surface area (Å²) in [6.45, 7) is 1.81. The number of para-hydroxylation sites is 2. The van der Waals surface area contributed by atoms with Crippen molar-refractivity contribution in [1.29, 1.82) is 0 Å². The van der Waals surface area contributed by atoms with E-state index in [1.807, 2.05) is 31.2 Å². The lowest BCUT2D eigenvalue weighted by Gasteiger charge is -2.12. The zero-order valence-corrected chi connectivity index (χ0v) is 16.4. The number of carbonyl (C=O) groups is 1. The Morgan fingerprint density at radius 3 is 2.28 bits per heavy atom. The molecule has 0 atom stereocenters. The van der Waals surface area contributed by atoms with E-state index in [1.165, 1.54) is 0 Å². The molecule has 1 aromatic heterocycles. The van der Waals surface area contributed by atoms with Gasteiger partial charge in [-0.05, 0) is 48.9 Å². The Labute approximate surface area is 168 Å². The Morgan fingerprint density at radius 1 is 0.897 bits per heavy atom. The zero-order valence-electron chi connectivity index (χ0n) is 16.4. The summed E-state index contributed by atoms with van der Waals surface area (Å²) in [5, 5.41) is 13.9. The van der Waals surface area contributed by atoms with Crippen LogP contribution in [0.2, 0.25) is 0 Å². The lowest BCUT2D eigenvalue weighted by atomic mass is 10.2. The predicted octanol–water partition coefficient (Wildman–Crippen LogP) is 3.56. The van der Waals surface area contributed by atoms with Crippen LogP contribution in [0.1, 0.15) is 5.56 Å². The highest BCUT2D eigenvalue weighted by atomic mass is 16.5. The lowest BCUT2D eigenvalue weighted by molar-refractivity contribution is -0.118. The number of anilines is 3. The zero-order chi connectivity index (χ0) is 20.6. The molecule has 8 heteroatoms. The number of amides is 1. The third-order valence-electron chi connectivity index (χ3n) is 3.98. The first-order valence-electron chi connectivity index (χ1n) is 8.90. The number of nitrogens with one attached hydrogen (secondary N) is 2. The number of aryl methyl sites for hydroxylation is 1. The van der Waals surface area contributed by atoms with Crippen molar-refractivity contribution in [3.63, 3.8) is 0 Å². The third-order valence-corrected chi connectivity index (χ3v) is 3.98. The van der Waals surface area contributed by atoms with Crippen LogP contribution in [0.5, 0.6) is 17.2 Å². The summed E-state index contributed by atoms with van der Waals surface area (Å²) in [6.07, 6.45) is 0. The molecule has 3 aromatic rings. The number of aromatic nitrogens is 2. The fourth-order valence-corrected chi connectivity index (χ4v) is 2.58. The number of carbonyl (C=O) groups excluding carboxylic acids is 1. The van der Waals surface area contributed by atoms with Crippen molar-refractivity contribution >= 4 is 23.2 Å². The first-order chi connectivity index (χ1) is 14.1. The van der Waals surface area contributed by atoms with Crippen LogP contribution in [-0.4, -0.2) is 36.9 Å². The molecule has 2 aromatic carbocycles. The Morgan fingerprint density at radius 2 is 1.59 bits per heavy atom. The molecular formula is C21H22N4O4. The maximum absolute atomic E-state index is 12.1. The summed E-state index contributed by atoms with van der Waals surface area (Å²) in [4.78, 5) is 12.1. The Hall–Kier alpha value is -3.81. The van der Waals surface area contributed by atoms with Crippen LogP contribution >= 0.6 is 0 Å².